The van der Waals surface area contributed by atoms with E-state index in [1.807, 2.05) is 25.1 Å². The Labute approximate surface area is 165 Å². The number of hydrogen-bond donors (Lipinski definition) is 1. The zero-order valence-electron chi connectivity index (χ0n) is 16.2. The monoisotopic (exact) mass is 391 g/mol. The van der Waals surface area contributed by atoms with Crippen LogP contribution in [0.25, 0.3) is 21.9 Å². The largest absolute Gasteiger partial charge is 0.468 e. The molecule has 2 heterocycles. The Morgan fingerprint density at radius 3 is 2.74 bits per heavy atom. The first kappa shape index (κ1) is 20.9. The fourth-order valence-electron chi connectivity index (χ4n) is 3.10. The molecule has 0 unspecified atom stereocenters. The lowest BCUT2D eigenvalue weighted by Crippen LogP contribution is -2.16. The molecule has 0 aliphatic heterocycles. The number of hydrogen-bond acceptors (Lipinski definition) is 6. The van der Waals surface area contributed by atoms with Crippen molar-refractivity contribution in [1.29, 1.82) is 0 Å². The van der Waals surface area contributed by atoms with Gasteiger partial charge in [0.1, 0.15) is 6.54 Å². The summed E-state index contributed by atoms with van der Waals surface area (Å²) >= 11 is 0. The number of carbonyl (C=O) groups excluding carboxylic acids is 1. The van der Waals surface area contributed by atoms with Gasteiger partial charge in [-0.1, -0.05) is 18.2 Å². The highest BCUT2D eigenvalue weighted by atomic mass is 35.5. The van der Waals surface area contributed by atoms with Crippen LogP contribution in [-0.4, -0.2) is 59.9 Å². The van der Waals surface area contributed by atoms with Gasteiger partial charge in [0.15, 0.2) is 5.65 Å². The molecule has 0 atom stereocenters. The summed E-state index contributed by atoms with van der Waals surface area (Å²) in [6.45, 7) is 3.85. The van der Waals surface area contributed by atoms with E-state index >= 15 is 0 Å². The van der Waals surface area contributed by atoms with Gasteiger partial charge in [0.2, 0.25) is 0 Å². The average molecular weight is 392 g/mol. The number of esters is 1. The van der Waals surface area contributed by atoms with E-state index in [0.717, 1.165) is 47.2 Å². The quantitative estimate of drug-likeness (QED) is 0.493. The van der Waals surface area contributed by atoms with Crippen LogP contribution in [0.15, 0.2) is 24.3 Å². The van der Waals surface area contributed by atoms with Crippen LogP contribution in [0.3, 0.4) is 0 Å². The average Bonchev–Trinajstić information content (AvgIpc) is 2.93. The number of methoxy groups -OCH3 is 1. The SMILES string of the molecule is COC(=O)Cn1nc(C)c2c(NCCCN(C)C)c3ccccc3nc21.Cl. The van der Waals surface area contributed by atoms with E-state index in [1.54, 1.807) is 4.68 Å². The van der Waals surface area contributed by atoms with Gasteiger partial charge in [-0.05, 0) is 40.1 Å². The number of benzene rings is 1. The van der Waals surface area contributed by atoms with E-state index in [2.05, 4.69) is 35.5 Å². The Hall–Kier alpha value is -2.38. The van der Waals surface area contributed by atoms with Crippen molar-refractivity contribution >= 4 is 46.0 Å². The minimum absolute atomic E-state index is 0. The number of fused-ring (bicyclic) bond motifs is 2. The molecule has 146 valence electrons. The number of carbonyl (C=O) groups is 1. The normalized spacial score (nSPS) is 11.0. The van der Waals surface area contributed by atoms with Crippen molar-refractivity contribution in [2.75, 3.05) is 39.6 Å². The Morgan fingerprint density at radius 1 is 1.30 bits per heavy atom. The van der Waals surface area contributed by atoms with Crippen LogP contribution in [0.1, 0.15) is 12.1 Å². The topological polar surface area (TPSA) is 72.3 Å². The van der Waals surface area contributed by atoms with Crippen LogP contribution >= 0.6 is 12.4 Å². The number of halogens is 1. The van der Waals surface area contributed by atoms with E-state index in [1.165, 1.54) is 7.11 Å². The second-order valence-electron chi connectivity index (χ2n) is 6.61. The van der Waals surface area contributed by atoms with Crippen LogP contribution in [0.2, 0.25) is 0 Å². The molecule has 0 bridgehead atoms. The fraction of sp³-hybridized carbons (Fsp3) is 0.421. The summed E-state index contributed by atoms with van der Waals surface area (Å²) in [6, 6.07) is 8.01. The number of para-hydroxylation sites is 1. The maximum absolute atomic E-state index is 11.7. The number of nitrogens with one attached hydrogen (secondary N) is 1. The summed E-state index contributed by atoms with van der Waals surface area (Å²) in [6.07, 6.45) is 1.03. The van der Waals surface area contributed by atoms with Crippen molar-refractivity contribution in [3.63, 3.8) is 0 Å². The molecule has 0 aliphatic carbocycles. The first-order chi connectivity index (χ1) is 12.5. The highest BCUT2D eigenvalue weighted by Gasteiger charge is 2.18. The predicted molar refractivity (Wildman–Crippen MR) is 111 cm³/mol. The minimum Gasteiger partial charge on any atom is -0.468 e. The number of nitrogens with zero attached hydrogens (tertiary/aromatic N) is 4. The molecular formula is C19H26ClN5O2. The second kappa shape index (κ2) is 9.01. The zero-order chi connectivity index (χ0) is 18.7. The molecule has 0 spiro atoms. The number of rotatable bonds is 7. The third-order valence-corrected chi connectivity index (χ3v) is 4.34. The minimum atomic E-state index is -0.343. The lowest BCUT2D eigenvalue weighted by atomic mass is 10.1. The summed E-state index contributed by atoms with van der Waals surface area (Å²) in [4.78, 5) is 18.6. The fourth-order valence-corrected chi connectivity index (χ4v) is 3.10. The Balaban J connectivity index is 0.00000261. The molecule has 1 N–H and O–H groups in total. The number of aryl methyl sites for hydroxylation is 1. The van der Waals surface area contributed by atoms with Gasteiger partial charge in [-0.3, -0.25) is 4.79 Å². The molecule has 0 saturated heterocycles. The van der Waals surface area contributed by atoms with Crippen LogP contribution in [0.5, 0.6) is 0 Å². The molecule has 0 saturated carbocycles. The summed E-state index contributed by atoms with van der Waals surface area (Å²) in [5.41, 5.74) is 3.44. The summed E-state index contributed by atoms with van der Waals surface area (Å²) in [5.74, 6) is -0.343. The van der Waals surface area contributed by atoms with E-state index < -0.39 is 0 Å². The number of ether oxygens (including phenoxy) is 1. The van der Waals surface area contributed by atoms with Gasteiger partial charge in [0, 0.05) is 11.9 Å². The Bertz CT molecular complexity index is 939. The lowest BCUT2D eigenvalue weighted by molar-refractivity contribution is -0.141. The highest BCUT2D eigenvalue weighted by Crippen LogP contribution is 2.32. The second-order valence-corrected chi connectivity index (χ2v) is 6.61. The van der Waals surface area contributed by atoms with E-state index in [-0.39, 0.29) is 24.9 Å². The first-order valence-electron chi connectivity index (χ1n) is 8.72. The van der Waals surface area contributed by atoms with Crippen molar-refractivity contribution in [3.8, 4) is 0 Å². The molecule has 3 aromatic rings. The molecule has 0 amide bonds. The summed E-state index contributed by atoms with van der Waals surface area (Å²) in [7, 11) is 5.52. The van der Waals surface area contributed by atoms with Crippen molar-refractivity contribution in [2.24, 2.45) is 0 Å². The molecule has 3 rings (SSSR count). The van der Waals surface area contributed by atoms with Gasteiger partial charge in [0.25, 0.3) is 0 Å². The molecule has 0 fully saturated rings. The third-order valence-electron chi connectivity index (χ3n) is 4.34. The molecule has 1 aromatic carbocycles. The van der Waals surface area contributed by atoms with Crippen molar-refractivity contribution < 1.29 is 9.53 Å². The van der Waals surface area contributed by atoms with Gasteiger partial charge in [-0.15, -0.1) is 12.4 Å². The molecular weight excluding hydrogens is 366 g/mol. The van der Waals surface area contributed by atoms with Gasteiger partial charge < -0.3 is 15.0 Å². The molecule has 0 radical (unpaired) electrons. The Kier molecular flexibility index (Phi) is 6.98. The van der Waals surface area contributed by atoms with Crippen LogP contribution in [0.4, 0.5) is 5.69 Å². The number of anilines is 1. The van der Waals surface area contributed by atoms with Gasteiger partial charge in [-0.2, -0.15) is 5.10 Å². The Morgan fingerprint density at radius 2 is 2.04 bits per heavy atom. The standard InChI is InChI=1S/C19H25N5O2.ClH/c1-13-17-18(20-10-7-11-23(2)3)14-8-5-6-9-15(14)21-19(17)24(22-13)12-16(25)26-4;/h5-6,8-9H,7,10-12H2,1-4H3,(H,20,21);1H. The predicted octanol–water partition coefficient (Wildman–Crippen LogP) is 2.85. The molecule has 8 heteroatoms. The van der Waals surface area contributed by atoms with Crippen LogP contribution in [0, 0.1) is 6.92 Å². The zero-order valence-corrected chi connectivity index (χ0v) is 17.0. The summed E-state index contributed by atoms with van der Waals surface area (Å²) in [5, 5.41) is 10.1. The number of pyridine rings is 1. The van der Waals surface area contributed by atoms with Crippen molar-refractivity contribution in [2.45, 2.75) is 19.9 Å². The number of aromatic nitrogens is 3. The molecule has 0 aliphatic rings. The van der Waals surface area contributed by atoms with Crippen LogP contribution in [-0.2, 0) is 16.1 Å². The van der Waals surface area contributed by atoms with Crippen molar-refractivity contribution in [1.82, 2.24) is 19.7 Å². The maximum atomic E-state index is 11.7. The maximum Gasteiger partial charge on any atom is 0.327 e. The highest BCUT2D eigenvalue weighted by molar-refractivity contribution is 6.07. The molecule has 2 aromatic heterocycles. The molecule has 7 nitrogen and oxygen atoms in total. The summed E-state index contributed by atoms with van der Waals surface area (Å²) < 4.78 is 6.40. The van der Waals surface area contributed by atoms with E-state index in [4.69, 9.17) is 9.72 Å². The molecule has 27 heavy (non-hydrogen) atoms. The third kappa shape index (κ3) is 4.48. The first-order valence-corrected chi connectivity index (χ1v) is 8.72. The van der Waals surface area contributed by atoms with Crippen molar-refractivity contribution in [3.05, 3.63) is 30.0 Å². The van der Waals surface area contributed by atoms with Gasteiger partial charge >= 0.3 is 5.97 Å². The van der Waals surface area contributed by atoms with Gasteiger partial charge in [0.05, 0.1) is 29.4 Å². The van der Waals surface area contributed by atoms with Gasteiger partial charge in [-0.25, -0.2) is 9.67 Å². The van der Waals surface area contributed by atoms with Crippen LogP contribution < -0.4 is 5.32 Å². The lowest BCUT2D eigenvalue weighted by Gasteiger charge is -2.14. The smallest absolute Gasteiger partial charge is 0.327 e. The van der Waals surface area contributed by atoms with E-state index in [0.29, 0.717) is 5.65 Å². The van der Waals surface area contributed by atoms with E-state index in [9.17, 15) is 4.79 Å².